The third-order valence-corrected chi connectivity index (χ3v) is 6.26. The third kappa shape index (κ3) is 2.71. The zero-order chi connectivity index (χ0) is 19.1. The summed E-state index contributed by atoms with van der Waals surface area (Å²) in [4.78, 5) is 0. The van der Waals surface area contributed by atoms with Gasteiger partial charge in [-0.15, -0.1) is 0 Å². The second-order valence-corrected chi connectivity index (χ2v) is 8.13. The van der Waals surface area contributed by atoms with E-state index in [9.17, 15) is 0 Å². The van der Waals surface area contributed by atoms with Crippen LogP contribution >= 0.6 is 0 Å². The van der Waals surface area contributed by atoms with Gasteiger partial charge in [0.25, 0.3) is 0 Å². The second kappa shape index (κ2) is 6.85. The van der Waals surface area contributed by atoms with Crippen LogP contribution in [0.4, 0.5) is 0 Å². The number of aryl methyl sites for hydroxylation is 2. The fraction of sp³-hybridized carbons (Fsp3) is 0.0741. The van der Waals surface area contributed by atoms with Gasteiger partial charge in [0.15, 0.2) is 5.41 Å². The molecule has 1 aliphatic heterocycles. The van der Waals surface area contributed by atoms with Crippen molar-refractivity contribution in [3.05, 3.63) is 112 Å². The molecule has 0 unspecified atom stereocenters. The standard InChI is InChI=1S/C27H21S/c1-18-15-25(23-11-7-3-5-9-21(18)23)27(20-13-14-28-17-20)26-16-19(2)22-10-6-4-8-12-24(22)26/h3-17H,1-2H3/q+1. The van der Waals surface area contributed by atoms with Crippen LogP contribution in [-0.4, -0.2) is 5.37 Å². The molecule has 0 aromatic heterocycles. The zero-order valence-corrected chi connectivity index (χ0v) is 16.9. The van der Waals surface area contributed by atoms with Crippen molar-refractivity contribution in [2.75, 3.05) is 0 Å². The van der Waals surface area contributed by atoms with Gasteiger partial charge in [-0.1, -0.05) is 72.8 Å². The first-order valence-corrected chi connectivity index (χ1v) is 10.6. The molecular weight excluding hydrogens is 356 g/mol. The highest BCUT2D eigenvalue weighted by Gasteiger charge is 2.25. The molecular formula is C27H21S+. The molecule has 0 amide bonds. The van der Waals surface area contributed by atoms with Crippen LogP contribution in [0.5, 0.6) is 0 Å². The Labute approximate surface area is 170 Å². The topological polar surface area (TPSA) is 0 Å². The van der Waals surface area contributed by atoms with E-state index in [-0.39, 0.29) is 0 Å². The number of allylic oxidation sites excluding steroid dienone is 2. The van der Waals surface area contributed by atoms with Crippen molar-refractivity contribution >= 4 is 22.3 Å². The summed E-state index contributed by atoms with van der Waals surface area (Å²) in [5.74, 6) is 0. The van der Waals surface area contributed by atoms with E-state index in [0.29, 0.717) is 0 Å². The molecule has 0 aromatic carbocycles. The lowest BCUT2D eigenvalue weighted by Gasteiger charge is -2.11. The Morgan fingerprint density at radius 1 is 0.643 bits per heavy atom. The first-order chi connectivity index (χ1) is 13.7. The van der Waals surface area contributed by atoms with Gasteiger partial charge in [0, 0.05) is 17.2 Å². The van der Waals surface area contributed by atoms with Gasteiger partial charge >= 0.3 is 0 Å². The van der Waals surface area contributed by atoms with Gasteiger partial charge in [-0.05, 0) is 58.4 Å². The average Bonchev–Trinajstić information content (AvgIpc) is 3.25. The van der Waals surface area contributed by atoms with Crippen LogP contribution in [0.1, 0.15) is 22.3 Å². The van der Waals surface area contributed by atoms with Gasteiger partial charge in [-0.3, -0.25) is 0 Å². The first-order valence-electron chi connectivity index (χ1n) is 9.61. The van der Waals surface area contributed by atoms with Crippen LogP contribution in [0.25, 0.3) is 27.8 Å². The van der Waals surface area contributed by atoms with Gasteiger partial charge in [0.05, 0.1) is 0 Å². The van der Waals surface area contributed by atoms with E-state index in [2.05, 4.69) is 103 Å². The van der Waals surface area contributed by atoms with E-state index in [1.54, 1.807) is 11.4 Å². The summed E-state index contributed by atoms with van der Waals surface area (Å²) < 4.78 is 0. The van der Waals surface area contributed by atoms with Crippen molar-refractivity contribution in [1.82, 2.24) is 0 Å². The van der Waals surface area contributed by atoms with Crippen LogP contribution in [0.15, 0.2) is 89.9 Å². The number of hydrogen-bond acceptors (Lipinski definition) is 0. The molecule has 0 saturated heterocycles. The second-order valence-electron chi connectivity index (χ2n) is 7.35. The van der Waals surface area contributed by atoms with Gasteiger partial charge in [0.2, 0.25) is 16.7 Å². The molecule has 4 aliphatic carbocycles. The molecule has 0 spiro atoms. The summed E-state index contributed by atoms with van der Waals surface area (Å²) in [5, 5.41) is 4.44. The highest BCUT2D eigenvalue weighted by molar-refractivity contribution is 7.81. The van der Waals surface area contributed by atoms with Crippen LogP contribution in [0.3, 0.4) is 0 Å². The van der Waals surface area contributed by atoms with Crippen molar-refractivity contribution in [2.24, 2.45) is 0 Å². The van der Waals surface area contributed by atoms with Crippen molar-refractivity contribution in [3.8, 4) is 22.3 Å². The maximum absolute atomic E-state index is 2.36. The number of rotatable bonds is 2. The molecule has 0 atom stereocenters. The molecule has 1 heterocycles. The minimum Gasteiger partial charge on any atom is -0.0622 e. The summed E-state index contributed by atoms with van der Waals surface area (Å²) in [6.07, 6.45) is 2.24. The Kier molecular flexibility index (Phi) is 4.18. The normalized spacial score (nSPS) is 13.0. The van der Waals surface area contributed by atoms with Crippen LogP contribution in [0.2, 0.25) is 0 Å². The maximum Gasteiger partial charge on any atom is 0.212 e. The van der Waals surface area contributed by atoms with Gasteiger partial charge in [0.1, 0.15) is 0 Å². The SMILES string of the molecule is Cc1cc(C(=C2C=C[S+]=C2)c2cc(C)c3cccccc2-3)c2cccccc1-2. The lowest BCUT2D eigenvalue weighted by Crippen LogP contribution is -1.93. The average molecular weight is 378 g/mol. The molecule has 0 saturated carbocycles. The van der Waals surface area contributed by atoms with Crippen LogP contribution in [-0.2, 0) is 11.4 Å². The van der Waals surface area contributed by atoms with Gasteiger partial charge in [-0.25, -0.2) is 0 Å². The molecule has 0 bridgehead atoms. The van der Waals surface area contributed by atoms with Crippen molar-refractivity contribution < 1.29 is 0 Å². The summed E-state index contributed by atoms with van der Waals surface area (Å²) in [6, 6.07) is 26.4. The molecule has 134 valence electrons. The molecule has 0 N–H and O–H groups in total. The largest absolute Gasteiger partial charge is 0.212 e. The van der Waals surface area contributed by atoms with Crippen molar-refractivity contribution in [1.29, 1.82) is 0 Å². The smallest absolute Gasteiger partial charge is 0.0622 e. The quantitative estimate of drug-likeness (QED) is 0.206. The minimum absolute atomic E-state index is 1.29. The molecule has 0 radical (unpaired) electrons. The fourth-order valence-corrected chi connectivity index (χ4v) is 4.92. The van der Waals surface area contributed by atoms with E-state index >= 15 is 0 Å². The Morgan fingerprint density at radius 3 is 1.61 bits per heavy atom. The maximum atomic E-state index is 2.36. The molecule has 5 rings (SSSR count). The van der Waals surface area contributed by atoms with Crippen molar-refractivity contribution in [3.63, 3.8) is 0 Å². The summed E-state index contributed by atoms with van der Waals surface area (Å²) in [7, 11) is 0. The molecule has 0 fully saturated rings. The number of hydrogen-bond donors (Lipinski definition) is 0. The monoisotopic (exact) mass is 377 g/mol. The predicted octanol–water partition coefficient (Wildman–Crippen LogP) is 6.73. The Hall–Kier alpha value is -3.03. The van der Waals surface area contributed by atoms with Gasteiger partial charge in [-0.2, -0.15) is 0 Å². The summed E-state index contributed by atoms with van der Waals surface area (Å²) >= 11 is 1.76. The molecule has 28 heavy (non-hydrogen) atoms. The molecule has 0 nitrogen and oxygen atoms in total. The Bertz CT molecular complexity index is 1130. The summed E-state index contributed by atoms with van der Waals surface area (Å²) in [5.41, 5.74) is 13.2. The van der Waals surface area contributed by atoms with Crippen LogP contribution in [0, 0.1) is 13.8 Å². The van der Waals surface area contributed by atoms with Crippen LogP contribution < -0.4 is 0 Å². The molecule has 5 aliphatic rings. The highest BCUT2D eigenvalue weighted by atomic mass is 32.1. The lowest BCUT2D eigenvalue weighted by molar-refractivity contribution is 1.53. The Balaban J connectivity index is 1.85. The number of fused-ring (bicyclic) bond motifs is 2. The Morgan fingerprint density at radius 2 is 1.14 bits per heavy atom. The predicted molar refractivity (Wildman–Crippen MR) is 124 cm³/mol. The molecule has 0 aromatic rings. The first kappa shape index (κ1) is 17.1. The fourth-order valence-electron chi connectivity index (χ4n) is 4.27. The van der Waals surface area contributed by atoms with Crippen molar-refractivity contribution in [2.45, 2.75) is 13.8 Å². The van der Waals surface area contributed by atoms with E-state index in [1.165, 1.54) is 55.7 Å². The lowest BCUT2D eigenvalue weighted by atomic mass is 9.91. The minimum atomic E-state index is 1.29. The summed E-state index contributed by atoms with van der Waals surface area (Å²) in [6.45, 7) is 4.43. The van der Waals surface area contributed by atoms with Gasteiger partial charge < -0.3 is 0 Å². The van der Waals surface area contributed by atoms with E-state index in [1.807, 2.05) is 0 Å². The molecule has 1 heteroatoms. The van der Waals surface area contributed by atoms with E-state index in [4.69, 9.17) is 0 Å². The third-order valence-electron chi connectivity index (χ3n) is 5.58. The highest BCUT2D eigenvalue weighted by Crippen LogP contribution is 2.44. The van der Waals surface area contributed by atoms with E-state index in [0.717, 1.165) is 0 Å². The zero-order valence-electron chi connectivity index (χ0n) is 16.1. The van der Waals surface area contributed by atoms with E-state index < -0.39 is 0 Å².